The Kier molecular flexibility index (Phi) is 6.11. The van der Waals surface area contributed by atoms with E-state index in [0.717, 1.165) is 38.9 Å². The fraction of sp³-hybridized carbons (Fsp3) is 0.184. The SMILES string of the molecule is Cc1ccc(C2=NC(=C(C#N)C#N)C3=C(N2)[C@@]2(O)c4c(C)cc(C)cc4O[C@@]2(c2ccc(C)cc2)[C@@H]3c2ccccc2)cc1. The van der Waals surface area contributed by atoms with Gasteiger partial charge in [-0.15, -0.1) is 0 Å². The first-order valence-electron chi connectivity index (χ1n) is 14.6. The van der Waals surface area contributed by atoms with Gasteiger partial charge in [-0.25, -0.2) is 4.99 Å². The predicted octanol–water partition coefficient (Wildman–Crippen LogP) is 6.80. The molecule has 0 bridgehead atoms. The molecule has 2 heterocycles. The summed E-state index contributed by atoms with van der Waals surface area (Å²) in [6.07, 6.45) is 0. The van der Waals surface area contributed by atoms with E-state index in [4.69, 9.17) is 9.73 Å². The van der Waals surface area contributed by atoms with E-state index in [9.17, 15) is 15.6 Å². The molecule has 0 fully saturated rings. The van der Waals surface area contributed by atoms with E-state index >= 15 is 0 Å². The Morgan fingerprint density at radius 2 is 1.48 bits per heavy atom. The molecule has 44 heavy (non-hydrogen) atoms. The van der Waals surface area contributed by atoms with Gasteiger partial charge in [0.05, 0.1) is 17.3 Å². The van der Waals surface area contributed by atoms with Gasteiger partial charge in [0, 0.05) is 22.3 Å². The van der Waals surface area contributed by atoms with Crippen LogP contribution in [-0.2, 0) is 11.2 Å². The van der Waals surface area contributed by atoms with Crippen molar-refractivity contribution in [1.82, 2.24) is 5.32 Å². The highest BCUT2D eigenvalue weighted by Crippen LogP contribution is 2.70. The molecule has 0 saturated carbocycles. The number of benzene rings is 4. The van der Waals surface area contributed by atoms with E-state index in [-0.39, 0.29) is 11.3 Å². The molecule has 3 atom stereocenters. The normalized spacial score (nSPS) is 22.9. The van der Waals surface area contributed by atoms with Crippen molar-refractivity contribution in [3.63, 3.8) is 0 Å². The second-order valence-corrected chi connectivity index (χ2v) is 11.9. The van der Waals surface area contributed by atoms with Gasteiger partial charge < -0.3 is 15.2 Å². The van der Waals surface area contributed by atoms with E-state index in [1.165, 1.54) is 0 Å². The Labute approximate surface area is 256 Å². The summed E-state index contributed by atoms with van der Waals surface area (Å²) in [6.45, 7) is 8.03. The summed E-state index contributed by atoms with van der Waals surface area (Å²) >= 11 is 0. The highest BCUT2D eigenvalue weighted by Gasteiger charge is 2.73. The van der Waals surface area contributed by atoms with Crippen LogP contribution in [0.3, 0.4) is 0 Å². The molecule has 6 heteroatoms. The molecule has 7 rings (SSSR count). The largest absolute Gasteiger partial charge is 0.477 e. The molecule has 0 unspecified atom stereocenters. The van der Waals surface area contributed by atoms with Crippen LogP contribution < -0.4 is 10.1 Å². The number of fused-ring (bicyclic) bond motifs is 4. The number of ether oxygens (including phenoxy) is 1. The lowest BCUT2D eigenvalue weighted by Crippen LogP contribution is -2.52. The first-order valence-corrected chi connectivity index (χ1v) is 14.6. The predicted molar refractivity (Wildman–Crippen MR) is 169 cm³/mol. The monoisotopic (exact) mass is 574 g/mol. The van der Waals surface area contributed by atoms with Gasteiger partial charge in [0.1, 0.15) is 23.7 Å². The number of allylic oxidation sites excluding steroid dienone is 2. The molecule has 1 aliphatic carbocycles. The van der Waals surface area contributed by atoms with Crippen molar-refractivity contribution in [2.24, 2.45) is 4.99 Å². The second kappa shape index (κ2) is 9.81. The minimum absolute atomic E-state index is 0.131. The van der Waals surface area contributed by atoms with Crippen LogP contribution in [0.1, 0.15) is 50.4 Å². The quantitative estimate of drug-likeness (QED) is 0.262. The summed E-state index contributed by atoms with van der Waals surface area (Å²) in [7, 11) is 0. The molecule has 214 valence electrons. The molecular weight excluding hydrogens is 544 g/mol. The van der Waals surface area contributed by atoms with E-state index in [2.05, 4.69) is 17.5 Å². The Balaban J connectivity index is 1.63. The standard InChI is InChI=1S/C38H30N4O2/c1-22-10-14-27(15-11-22)36-41-34(28(20-39)21-40)31-33(26-8-6-5-7-9-26)38(29-16-12-23(2)13-17-29)37(43,35(31)42-36)32-25(4)18-24(3)19-30(32)44-38/h5-19,33,43H,1-4H3,(H,41,42)/t33-,37+,38+/m1/s1. The summed E-state index contributed by atoms with van der Waals surface area (Å²) in [4.78, 5) is 4.95. The van der Waals surface area contributed by atoms with Gasteiger partial charge in [0.2, 0.25) is 0 Å². The zero-order valence-electron chi connectivity index (χ0n) is 24.9. The molecule has 4 aromatic carbocycles. The molecule has 4 aromatic rings. The van der Waals surface area contributed by atoms with Crippen LogP contribution in [0.15, 0.2) is 119 Å². The lowest BCUT2D eigenvalue weighted by Gasteiger charge is -2.41. The van der Waals surface area contributed by atoms with E-state index in [0.29, 0.717) is 28.4 Å². The summed E-state index contributed by atoms with van der Waals surface area (Å²) in [6, 6.07) is 33.9. The summed E-state index contributed by atoms with van der Waals surface area (Å²) < 4.78 is 7.15. The van der Waals surface area contributed by atoms with Gasteiger partial charge in [-0.05, 0) is 50.5 Å². The molecule has 6 nitrogen and oxygen atoms in total. The lowest BCUT2D eigenvalue weighted by atomic mass is 9.68. The van der Waals surface area contributed by atoms with E-state index in [1.807, 2.05) is 119 Å². The topological polar surface area (TPSA) is 101 Å². The molecule has 0 amide bonds. The van der Waals surface area contributed by atoms with Crippen LogP contribution in [0, 0.1) is 50.4 Å². The average Bonchev–Trinajstić information content (AvgIpc) is 3.41. The van der Waals surface area contributed by atoms with Crippen LogP contribution in [0.5, 0.6) is 5.75 Å². The fourth-order valence-electron chi connectivity index (χ4n) is 7.21. The fourth-order valence-corrected chi connectivity index (χ4v) is 7.21. The number of aliphatic hydroxyl groups is 1. The minimum Gasteiger partial charge on any atom is -0.477 e. The number of nitrogens with one attached hydrogen (secondary N) is 1. The minimum atomic E-state index is -1.74. The number of aryl methyl sites for hydroxylation is 4. The second-order valence-electron chi connectivity index (χ2n) is 11.9. The summed E-state index contributed by atoms with van der Waals surface area (Å²) in [5, 5.41) is 37.6. The van der Waals surface area contributed by atoms with Gasteiger partial charge in [0.15, 0.2) is 16.8 Å². The zero-order chi connectivity index (χ0) is 30.8. The highest BCUT2D eigenvalue weighted by atomic mass is 16.5. The van der Waals surface area contributed by atoms with Gasteiger partial charge in [-0.3, -0.25) is 0 Å². The van der Waals surface area contributed by atoms with Crippen LogP contribution in [0.25, 0.3) is 0 Å². The van der Waals surface area contributed by atoms with Crippen molar-refractivity contribution in [3.8, 4) is 17.9 Å². The zero-order valence-corrected chi connectivity index (χ0v) is 24.9. The molecule has 0 spiro atoms. The van der Waals surface area contributed by atoms with Crippen LogP contribution in [0.4, 0.5) is 0 Å². The third kappa shape index (κ3) is 3.65. The maximum absolute atomic E-state index is 13.6. The van der Waals surface area contributed by atoms with Gasteiger partial charge in [-0.2, -0.15) is 10.5 Å². The van der Waals surface area contributed by atoms with Crippen molar-refractivity contribution >= 4 is 5.84 Å². The lowest BCUT2D eigenvalue weighted by molar-refractivity contribution is -0.0946. The number of amidine groups is 1. The average molecular weight is 575 g/mol. The van der Waals surface area contributed by atoms with Crippen molar-refractivity contribution in [2.75, 3.05) is 0 Å². The van der Waals surface area contributed by atoms with Crippen LogP contribution in [0.2, 0.25) is 0 Å². The third-order valence-corrected chi connectivity index (χ3v) is 9.06. The molecular formula is C38H30N4O2. The Bertz CT molecular complexity index is 2010. The maximum atomic E-state index is 13.6. The van der Waals surface area contributed by atoms with Gasteiger partial charge in [-0.1, -0.05) is 96.1 Å². The summed E-state index contributed by atoms with van der Waals surface area (Å²) in [5.74, 6) is 0.409. The van der Waals surface area contributed by atoms with Gasteiger partial charge >= 0.3 is 0 Å². The number of nitriles is 2. The van der Waals surface area contributed by atoms with Gasteiger partial charge in [0.25, 0.3) is 0 Å². The Morgan fingerprint density at radius 3 is 2.11 bits per heavy atom. The van der Waals surface area contributed by atoms with E-state index < -0.39 is 17.1 Å². The van der Waals surface area contributed by atoms with Crippen LogP contribution >= 0.6 is 0 Å². The number of rotatable bonds is 3. The molecule has 0 aromatic heterocycles. The molecule has 2 N–H and O–H groups in total. The Hall–Kier alpha value is -5.43. The molecule has 2 aliphatic heterocycles. The number of hydrogen-bond donors (Lipinski definition) is 2. The van der Waals surface area contributed by atoms with Crippen LogP contribution in [-0.4, -0.2) is 10.9 Å². The molecule has 3 aliphatic rings. The molecule has 0 saturated heterocycles. The molecule has 0 radical (unpaired) electrons. The first-order chi connectivity index (χ1) is 21.2. The Morgan fingerprint density at radius 1 is 0.841 bits per heavy atom. The maximum Gasteiger partial charge on any atom is 0.183 e. The summed E-state index contributed by atoms with van der Waals surface area (Å²) in [5.41, 5.74) is 5.12. The number of aliphatic imine (C=N–C) groups is 1. The van der Waals surface area contributed by atoms with Crippen molar-refractivity contribution < 1.29 is 9.84 Å². The van der Waals surface area contributed by atoms with Crippen molar-refractivity contribution in [2.45, 2.75) is 44.8 Å². The van der Waals surface area contributed by atoms with Crippen molar-refractivity contribution in [1.29, 1.82) is 10.5 Å². The third-order valence-electron chi connectivity index (χ3n) is 9.06. The number of hydrogen-bond acceptors (Lipinski definition) is 6. The first kappa shape index (κ1) is 27.4. The van der Waals surface area contributed by atoms with E-state index in [1.54, 1.807) is 0 Å². The number of nitrogens with zero attached hydrogens (tertiary/aromatic N) is 3. The van der Waals surface area contributed by atoms with Crippen molar-refractivity contribution in [3.05, 3.63) is 158 Å². The smallest absolute Gasteiger partial charge is 0.183 e. The highest BCUT2D eigenvalue weighted by molar-refractivity contribution is 6.03.